The van der Waals surface area contributed by atoms with Crippen molar-refractivity contribution in [3.05, 3.63) is 63.5 Å². The maximum absolute atomic E-state index is 13.5. The molecule has 0 aliphatic rings. The third kappa shape index (κ3) is 2.05. The minimum absolute atomic E-state index is 0.394. The molecule has 0 atom stereocenters. The molecule has 110 valence electrons. The van der Waals surface area contributed by atoms with Gasteiger partial charge in [0.05, 0.1) is 10.6 Å². The van der Waals surface area contributed by atoms with E-state index in [1.54, 1.807) is 6.07 Å². The number of hydrogen-bond acceptors (Lipinski definition) is 3. The highest BCUT2D eigenvalue weighted by Crippen LogP contribution is 2.33. The van der Waals surface area contributed by atoms with E-state index in [0.717, 1.165) is 28.6 Å². The highest BCUT2D eigenvalue weighted by atomic mass is 19.1. The molecular formula is C16H11FN2O3. The Morgan fingerprint density at radius 3 is 2.73 bits per heavy atom. The second-order valence-electron chi connectivity index (χ2n) is 4.95. The third-order valence-electron chi connectivity index (χ3n) is 3.63. The maximum Gasteiger partial charge on any atom is 0.305 e. The zero-order valence-corrected chi connectivity index (χ0v) is 11.6. The van der Waals surface area contributed by atoms with Crippen molar-refractivity contribution in [1.29, 1.82) is 0 Å². The van der Waals surface area contributed by atoms with Crippen molar-refractivity contribution in [1.82, 2.24) is 4.98 Å². The van der Waals surface area contributed by atoms with Crippen LogP contribution in [0.4, 0.5) is 10.1 Å². The standard InChI is InChI=1S/C16H11FN2O3/c1-9-3-2-4-11-12(8-20)16(18-15(9)11)10-5-6-13(17)14(7-10)19(21)22/h2-8,18H,1H3. The monoisotopic (exact) mass is 298 g/mol. The molecule has 0 aliphatic carbocycles. The molecule has 1 heterocycles. The van der Waals surface area contributed by atoms with Gasteiger partial charge in [-0.05, 0) is 24.6 Å². The van der Waals surface area contributed by atoms with Crippen molar-refractivity contribution >= 4 is 22.9 Å². The number of nitrogens with one attached hydrogen (secondary N) is 1. The van der Waals surface area contributed by atoms with Gasteiger partial charge in [-0.1, -0.05) is 18.2 Å². The summed E-state index contributed by atoms with van der Waals surface area (Å²) in [5, 5.41) is 11.6. The van der Waals surface area contributed by atoms with Gasteiger partial charge in [-0.2, -0.15) is 4.39 Å². The number of fused-ring (bicyclic) bond motifs is 1. The highest BCUT2D eigenvalue weighted by molar-refractivity contribution is 6.05. The van der Waals surface area contributed by atoms with Crippen molar-refractivity contribution in [2.45, 2.75) is 6.92 Å². The lowest BCUT2D eigenvalue weighted by Gasteiger charge is -2.01. The minimum atomic E-state index is -0.909. The second-order valence-corrected chi connectivity index (χ2v) is 4.95. The first-order valence-electron chi connectivity index (χ1n) is 6.53. The number of aromatic amines is 1. The van der Waals surface area contributed by atoms with Crippen LogP contribution in [-0.4, -0.2) is 16.2 Å². The summed E-state index contributed by atoms with van der Waals surface area (Å²) in [6.45, 7) is 1.89. The van der Waals surface area contributed by atoms with Gasteiger partial charge in [0.2, 0.25) is 5.82 Å². The van der Waals surface area contributed by atoms with Crippen molar-refractivity contribution < 1.29 is 14.1 Å². The fourth-order valence-corrected chi connectivity index (χ4v) is 2.54. The lowest BCUT2D eigenvalue weighted by Crippen LogP contribution is -1.94. The number of nitro groups is 1. The number of aldehydes is 1. The van der Waals surface area contributed by atoms with Gasteiger partial charge in [0.25, 0.3) is 0 Å². The summed E-state index contributed by atoms with van der Waals surface area (Å²) in [6, 6.07) is 9.09. The Bertz CT molecular complexity index is 915. The molecule has 0 aliphatic heterocycles. The van der Waals surface area contributed by atoms with Gasteiger partial charge >= 0.3 is 5.69 Å². The first-order valence-corrected chi connectivity index (χ1v) is 6.53. The topological polar surface area (TPSA) is 76.0 Å². The van der Waals surface area contributed by atoms with Crippen molar-refractivity contribution in [2.24, 2.45) is 0 Å². The van der Waals surface area contributed by atoms with Gasteiger partial charge in [-0.3, -0.25) is 14.9 Å². The summed E-state index contributed by atoms with van der Waals surface area (Å²) in [7, 11) is 0. The van der Waals surface area contributed by atoms with E-state index < -0.39 is 16.4 Å². The number of rotatable bonds is 3. The molecule has 0 spiro atoms. The van der Waals surface area contributed by atoms with E-state index in [2.05, 4.69) is 4.98 Å². The quantitative estimate of drug-likeness (QED) is 0.451. The van der Waals surface area contributed by atoms with Crippen molar-refractivity contribution in [3.8, 4) is 11.3 Å². The minimum Gasteiger partial charge on any atom is -0.354 e. The van der Waals surface area contributed by atoms with E-state index in [4.69, 9.17) is 0 Å². The summed E-state index contributed by atoms with van der Waals surface area (Å²) in [4.78, 5) is 24.6. The van der Waals surface area contributed by atoms with Crippen LogP contribution >= 0.6 is 0 Å². The van der Waals surface area contributed by atoms with Gasteiger partial charge in [0.15, 0.2) is 6.29 Å². The van der Waals surface area contributed by atoms with Crippen LogP contribution in [-0.2, 0) is 0 Å². The average Bonchev–Trinajstić information content (AvgIpc) is 2.87. The molecule has 0 saturated heterocycles. The Labute approximate surface area is 124 Å². The molecule has 0 unspecified atom stereocenters. The summed E-state index contributed by atoms with van der Waals surface area (Å²) >= 11 is 0. The molecule has 3 rings (SSSR count). The predicted octanol–water partition coefficient (Wildman–Crippen LogP) is 4.00. The first kappa shape index (κ1) is 13.9. The highest BCUT2D eigenvalue weighted by Gasteiger charge is 2.19. The smallest absolute Gasteiger partial charge is 0.305 e. The van der Waals surface area contributed by atoms with Crippen LogP contribution < -0.4 is 0 Å². The predicted molar refractivity (Wildman–Crippen MR) is 80.5 cm³/mol. The normalized spacial score (nSPS) is 10.8. The Balaban J connectivity index is 2.31. The van der Waals surface area contributed by atoms with Crippen molar-refractivity contribution in [2.75, 3.05) is 0 Å². The fourth-order valence-electron chi connectivity index (χ4n) is 2.54. The van der Waals surface area contributed by atoms with Crippen LogP contribution in [0.25, 0.3) is 22.2 Å². The molecule has 0 bridgehead atoms. The number of halogens is 1. The number of carbonyl (C=O) groups excluding carboxylic acids is 1. The van der Waals surface area contributed by atoms with Gasteiger partial charge in [-0.25, -0.2) is 0 Å². The van der Waals surface area contributed by atoms with E-state index in [9.17, 15) is 19.3 Å². The Hall–Kier alpha value is -3.02. The molecule has 2 aromatic carbocycles. The van der Waals surface area contributed by atoms with Crippen LogP contribution in [0.5, 0.6) is 0 Å². The van der Waals surface area contributed by atoms with Crippen LogP contribution in [0, 0.1) is 22.9 Å². The van der Waals surface area contributed by atoms with E-state index in [-0.39, 0.29) is 0 Å². The van der Waals surface area contributed by atoms with Gasteiger partial charge in [-0.15, -0.1) is 0 Å². The van der Waals surface area contributed by atoms with Crippen LogP contribution in [0.15, 0.2) is 36.4 Å². The zero-order valence-electron chi connectivity index (χ0n) is 11.6. The maximum atomic E-state index is 13.5. The molecule has 5 nitrogen and oxygen atoms in total. The summed E-state index contributed by atoms with van der Waals surface area (Å²) in [5.74, 6) is -0.909. The molecule has 0 radical (unpaired) electrons. The number of H-pyrrole nitrogens is 1. The number of aromatic nitrogens is 1. The molecule has 0 fully saturated rings. The SMILES string of the molecule is Cc1cccc2c(C=O)c(-c3ccc(F)c([N+](=O)[O-])c3)[nH]c12. The zero-order chi connectivity index (χ0) is 15.9. The molecular weight excluding hydrogens is 287 g/mol. The molecule has 1 N–H and O–H groups in total. The number of benzene rings is 2. The number of nitro benzene ring substituents is 1. The molecule has 1 aromatic heterocycles. The molecule has 6 heteroatoms. The van der Waals surface area contributed by atoms with Crippen LogP contribution in [0.3, 0.4) is 0 Å². The summed E-state index contributed by atoms with van der Waals surface area (Å²) in [6.07, 6.45) is 0.697. The van der Waals surface area contributed by atoms with Crippen LogP contribution in [0.1, 0.15) is 15.9 Å². The molecule has 0 amide bonds. The van der Waals surface area contributed by atoms with E-state index in [1.165, 1.54) is 6.07 Å². The van der Waals surface area contributed by atoms with Gasteiger partial charge < -0.3 is 4.98 Å². The third-order valence-corrected chi connectivity index (χ3v) is 3.63. The summed E-state index contributed by atoms with van der Waals surface area (Å²) < 4.78 is 13.5. The number of aryl methyl sites for hydroxylation is 1. The van der Waals surface area contributed by atoms with E-state index in [1.807, 2.05) is 19.1 Å². The van der Waals surface area contributed by atoms with Gasteiger partial charge in [0.1, 0.15) is 0 Å². The first-order chi connectivity index (χ1) is 10.5. The van der Waals surface area contributed by atoms with Crippen molar-refractivity contribution in [3.63, 3.8) is 0 Å². The molecule has 3 aromatic rings. The average molecular weight is 298 g/mol. The fraction of sp³-hybridized carbons (Fsp3) is 0.0625. The Morgan fingerprint density at radius 1 is 1.27 bits per heavy atom. The van der Waals surface area contributed by atoms with E-state index >= 15 is 0 Å². The summed E-state index contributed by atoms with van der Waals surface area (Å²) in [5.41, 5.74) is 2.35. The second kappa shape index (κ2) is 5.07. The largest absolute Gasteiger partial charge is 0.354 e. The lowest BCUT2D eigenvalue weighted by atomic mass is 10.0. The number of hydrogen-bond donors (Lipinski definition) is 1. The Morgan fingerprint density at radius 2 is 2.05 bits per heavy atom. The van der Waals surface area contributed by atoms with E-state index in [0.29, 0.717) is 23.1 Å². The Kier molecular flexibility index (Phi) is 3.21. The number of para-hydroxylation sites is 1. The molecule has 22 heavy (non-hydrogen) atoms. The van der Waals surface area contributed by atoms with Crippen LogP contribution in [0.2, 0.25) is 0 Å². The van der Waals surface area contributed by atoms with Gasteiger partial charge in [0, 0.05) is 28.1 Å². The number of nitrogens with zero attached hydrogens (tertiary/aromatic N) is 1. The number of carbonyl (C=O) groups is 1. The molecule has 0 saturated carbocycles. The lowest BCUT2D eigenvalue weighted by molar-refractivity contribution is -0.387.